The summed E-state index contributed by atoms with van der Waals surface area (Å²) in [5.41, 5.74) is 1.75. The van der Waals surface area contributed by atoms with Crippen molar-refractivity contribution in [3.63, 3.8) is 0 Å². The number of amides is 3. The molecule has 3 amide bonds. The molecule has 0 aromatic heterocycles. The Morgan fingerprint density at radius 2 is 1.83 bits per heavy atom. The van der Waals surface area contributed by atoms with Crippen molar-refractivity contribution in [3.05, 3.63) is 69.1 Å². The Kier molecular flexibility index (Phi) is 5.48. The molecule has 0 spiro atoms. The summed E-state index contributed by atoms with van der Waals surface area (Å²) in [4.78, 5) is 28.0. The summed E-state index contributed by atoms with van der Waals surface area (Å²) in [7, 11) is 0. The molecule has 8 heteroatoms. The first kappa shape index (κ1) is 19.7. The molecule has 150 valence electrons. The molecule has 2 saturated heterocycles. The fourth-order valence-corrected chi connectivity index (χ4v) is 4.00. The number of carbonyl (C=O) groups is 2. The molecule has 0 atom stereocenters. The second-order valence-electron chi connectivity index (χ2n) is 7.02. The standard InChI is InChI=1S/C21H18Cl2FN3O2/c22-15-5-4-14(16(23)11-15)12-27-20(28)18(25-21(27)29)10-13-3-6-19(17(24)9-13)26-7-1-2-8-26/h3-6,9-11H,1-2,7-8,12H2,(H,25,29)/b18-10+. The largest absolute Gasteiger partial charge is 0.369 e. The maximum atomic E-state index is 14.5. The number of nitrogens with one attached hydrogen (secondary N) is 1. The van der Waals surface area contributed by atoms with E-state index in [1.165, 1.54) is 12.1 Å². The van der Waals surface area contributed by atoms with Crippen molar-refractivity contribution in [2.45, 2.75) is 19.4 Å². The third kappa shape index (κ3) is 4.09. The molecule has 0 unspecified atom stereocenters. The van der Waals surface area contributed by atoms with Gasteiger partial charge in [-0.2, -0.15) is 0 Å². The fourth-order valence-electron chi connectivity index (χ4n) is 3.53. The molecule has 2 heterocycles. The molecule has 2 aromatic rings. The first-order chi connectivity index (χ1) is 13.9. The Labute approximate surface area is 177 Å². The molecule has 2 aromatic carbocycles. The van der Waals surface area contributed by atoms with Crippen molar-refractivity contribution in [2.24, 2.45) is 0 Å². The van der Waals surface area contributed by atoms with Crippen LogP contribution in [0.4, 0.5) is 14.9 Å². The van der Waals surface area contributed by atoms with Crippen LogP contribution in [0.5, 0.6) is 0 Å². The third-order valence-corrected chi connectivity index (χ3v) is 5.62. The van der Waals surface area contributed by atoms with Crippen LogP contribution in [0.3, 0.4) is 0 Å². The zero-order chi connectivity index (χ0) is 20.5. The average Bonchev–Trinajstić information content (AvgIpc) is 3.28. The van der Waals surface area contributed by atoms with E-state index >= 15 is 0 Å². The quantitative estimate of drug-likeness (QED) is 0.554. The maximum absolute atomic E-state index is 14.5. The molecular weight excluding hydrogens is 416 g/mol. The van der Waals surface area contributed by atoms with Crippen molar-refractivity contribution in [1.29, 1.82) is 0 Å². The zero-order valence-corrected chi connectivity index (χ0v) is 16.9. The third-order valence-electron chi connectivity index (χ3n) is 5.04. The van der Waals surface area contributed by atoms with Gasteiger partial charge in [0.05, 0.1) is 12.2 Å². The maximum Gasteiger partial charge on any atom is 0.329 e. The molecule has 0 radical (unpaired) electrons. The summed E-state index contributed by atoms with van der Waals surface area (Å²) in [5.74, 6) is -0.840. The summed E-state index contributed by atoms with van der Waals surface area (Å²) in [5, 5.41) is 3.38. The van der Waals surface area contributed by atoms with Crippen molar-refractivity contribution in [1.82, 2.24) is 10.2 Å². The molecule has 0 aliphatic carbocycles. The molecule has 4 rings (SSSR count). The molecular formula is C21H18Cl2FN3O2. The summed E-state index contributed by atoms with van der Waals surface area (Å²) in [6, 6.07) is 9.13. The van der Waals surface area contributed by atoms with Gasteiger partial charge in [0, 0.05) is 23.1 Å². The number of nitrogens with zero attached hydrogens (tertiary/aromatic N) is 2. The molecule has 5 nitrogen and oxygen atoms in total. The number of anilines is 1. The minimum absolute atomic E-state index is 0.0142. The fraction of sp³-hybridized carbons (Fsp3) is 0.238. The van der Waals surface area contributed by atoms with Crippen LogP contribution >= 0.6 is 23.2 Å². The van der Waals surface area contributed by atoms with Gasteiger partial charge >= 0.3 is 6.03 Å². The molecule has 2 aliphatic heterocycles. The van der Waals surface area contributed by atoms with Gasteiger partial charge in [0.2, 0.25) is 0 Å². The number of benzene rings is 2. The van der Waals surface area contributed by atoms with Gasteiger partial charge in [-0.05, 0) is 54.3 Å². The molecule has 2 aliphatic rings. The van der Waals surface area contributed by atoms with Crippen LogP contribution in [-0.2, 0) is 11.3 Å². The minimum atomic E-state index is -0.554. The predicted molar refractivity (Wildman–Crippen MR) is 111 cm³/mol. The van der Waals surface area contributed by atoms with E-state index in [9.17, 15) is 14.0 Å². The lowest BCUT2D eigenvalue weighted by Gasteiger charge is -2.18. The highest BCUT2D eigenvalue weighted by atomic mass is 35.5. The van der Waals surface area contributed by atoms with Gasteiger partial charge in [0.15, 0.2) is 0 Å². The van der Waals surface area contributed by atoms with Crippen molar-refractivity contribution in [3.8, 4) is 0 Å². The first-order valence-corrected chi connectivity index (χ1v) is 10.0. The second kappa shape index (κ2) is 8.05. The van der Waals surface area contributed by atoms with Gasteiger partial charge < -0.3 is 10.2 Å². The smallest absolute Gasteiger partial charge is 0.329 e. The lowest BCUT2D eigenvalue weighted by Crippen LogP contribution is -2.30. The molecule has 1 N–H and O–H groups in total. The van der Waals surface area contributed by atoms with E-state index in [4.69, 9.17) is 23.2 Å². The van der Waals surface area contributed by atoms with Gasteiger partial charge in [0.1, 0.15) is 11.5 Å². The Morgan fingerprint density at radius 1 is 1.07 bits per heavy atom. The van der Waals surface area contributed by atoms with Crippen LogP contribution < -0.4 is 10.2 Å². The summed E-state index contributed by atoms with van der Waals surface area (Å²) >= 11 is 12.0. The first-order valence-electron chi connectivity index (χ1n) is 9.25. The topological polar surface area (TPSA) is 52.7 Å². The van der Waals surface area contributed by atoms with Crippen LogP contribution in [0.1, 0.15) is 24.0 Å². The molecule has 0 saturated carbocycles. The number of rotatable bonds is 4. The highest BCUT2D eigenvalue weighted by Crippen LogP contribution is 2.27. The monoisotopic (exact) mass is 433 g/mol. The van der Waals surface area contributed by atoms with E-state index < -0.39 is 11.9 Å². The van der Waals surface area contributed by atoms with E-state index in [0.717, 1.165) is 30.8 Å². The number of hydrogen-bond acceptors (Lipinski definition) is 3. The number of imide groups is 1. The van der Waals surface area contributed by atoms with Crippen molar-refractivity contribution < 1.29 is 14.0 Å². The highest BCUT2D eigenvalue weighted by Gasteiger charge is 2.34. The zero-order valence-electron chi connectivity index (χ0n) is 15.4. The normalized spacial score (nSPS) is 18.1. The van der Waals surface area contributed by atoms with Crippen LogP contribution in [0.25, 0.3) is 6.08 Å². The minimum Gasteiger partial charge on any atom is -0.369 e. The predicted octanol–water partition coefficient (Wildman–Crippen LogP) is 4.83. The summed E-state index contributed by atoms with van der Waals surface area (Å²) < 4.78 is 14.5. The van der Waals surface area contributed by atoms with Gasteiger partial charge in [-0.15, -0.1) is 0 Å². The van der Waals surface area contributed by atoms with Crippen molar-refractivity contribution in [2.75, 3.05) is 18.0 Å². The Balaban J connectivity index is 1.53. The van der Waals surface area contributed by atoms with E-state index in [2.05, 4.69) is 5.32 Å². The number of carbonyl (C=O) groups excluding carboxylic acids is 2. The number of hydrogen-bond donors (Lipinski definition) is 1. The average molecular weight is 434 g/mol. The Hall–Kier alpha value is -2.57. The van der Waals surface area contributed by atoms with E-state index in [1.54, 1.807) is 30.3 Å². The van der Waals surface area contributed by atoms with Crippen LogP contribution in [0, 0.1) is 5.82 Å². The second-order valence-corrected chi connectivity index (χ2v) is 7.86. The number of halogens is 3. The Bertz CT molecular complexity index is 1020. The SMILES string of the molecule is O=C1N/C(=C/c2ccc(N3CCCC3)c(F)c2)C(=O)N1Cc1ccc(Cl)cc1Cl. The van der Waals surface area contributed by atoms with Crippen LogP contribution in [0.2, 0.25) is 10.0 Å². The molecule has 29 heavy (non-hydrogen) atoms. The van der Waals surface area contributed by atoms with E-state index in [1.807, 2.05) is 4.90 Å². The van der Waals surface area contributed by atoms with Gasteiger partial charge in [-0.25, -0.2) is 9.18 Å². The van der Waals surface area contributed by atoms with Crippen LogP contribution in [-0.4, -0.2) is 29.9 Å². The van der Waals surface area contributed by atoms with Crippen molar-refractivity contribution >= 4 is 46.9 Å². The van der Waals surface area contributed by atoms with Gasteiger partial charge in [0.25, 0.3) is 5.91 Å². The lowest BCUT2D eigenvalue weighted by molar-refractivity contribution is -0.123. The summed E-state index contributed by atoms with van der Waals surface area (Å²) in [6.07, 6.45) is 3.58. The molecule has 2 fully saturated rings. The van der Waals surface area contributed by atoms with Gasteiger partial charge in [-0.1, -0.05) is 35.3 Å². The van der Waals surface area contributed by atoms with E-state index in [-0.39, 0.29) is 18.1 Å². The van der Waals surface area contributed by atoms with E-state index in [0.29, 0.717) is 26.9 Å². The Morgan fingerprint density at radius 3 is 2.52 bits per heavy atom. The lowest BCUT2D eigenvalue weighted by atomic mass is 10.1. The van der Waals surface area contributed by atoms with Gasteiger partial charge in [-0.3, -0.25) is 9.69 Å². The summed E-state index contributed by atoms with van der Waals surface area (Å²) in [6.45, 7) is 1.70. The highest BCUT2D eigenvalue weighted by molar-refractivity contribution is 6.35. The number of urea groups is 1. The van der Waals surface area contributed by atoms with Crippen LogP contribution in [0.15, 0.2) is 42.1 Å². The molecule has 0 bridgehead atoms.